The fourth-order valence-corrected chi connectivity index (χ4v) is 5.40. The van der Waals surface area contributed by atoms with Crippen molar-refractivity contribution in [1.29, 1.82) is 0 Å². The second kappa shape index (κ2) is 8.70. The maximum absolute atomic E-state index is 13.3. The number of carbonyl (C=O) groups excluding carboxylic acids is 2. The van der Waals surface area contributed by atoms with Crippen LogP contribution < -0.4 is 19.4 Å². The normalized spacial score (nSPS) is 18.9. The van der Waals surface area contributed by atoms with Gasteiger partial charge in [0.25, 0.3) is 5.91 Å². The SMILES string of the molecule is COc1cc(C(=O)N(C)C)ccc1N(C)c1ncc2c(n1)N(C1CCCC1)CC1(CC1)C(=O)N2C. The largest absolute Gasteiger partial charge is 0.495 e. The first-order valence-electron chi connectivity index (χ1n) is 12.3. The van der Waals surface area contributed by atoms with Crippen molar-refractivity contribution in [2.45, 2.75) is 44.6 Å². The number of amides is 2. The minimum atomic E-state index is -0.290. The lowest BCUT2D eigenvalue weighted by atomic mass is 10.0. The molecule has 0 bridgehead atoms. The number of carbonyl (C=O) groups is 2. The topological polar surface area (TPSA) is 82.1 Å². The number of aromatic nitrogens is 2. The van der Waals surface area contributed by atoms with Gasteiger partial charge in [0.05, 0.1) is 24.4 Å². The monoisotopic (exact) mass is 478 g/mol. The molecule has 2 aromatic rings. The summed E-state index contributed by atoms with van der Waals surface area (Å²) in [4.78, 5) is 42.9. The number of rotatable bonds is 5. The standard InChI is InChI=1S/C26H34N6O3/c1-29(2)23(33)17-10-11-19(21(14-17)35-5)31(4)25-27-15-20-22(28-25)32(18-8-6-7-9-18)16-26(12-13-26)24(34)30(20)3/h10-11,14-15,18H,6-9,12-13,16H2,1-5H3. The second-order valence-electron chi connectivity index (χ2n) is 10.2. The highest BCUT2D eigenvalue weighted by Gasteiger charge is 2.55. The molecule has 9 nitrogen and oxygen atoms in total. The summed E-state index contributed by atoms with van der Waals surface area (Å²) in [7, 11) is 8.77. The first-order chi connectivity index (χ1) is 16.8. The highest BCUT2D eigenvalue weighted by molar-refractivity contribution is 6.03. The lowest BCUT2D eigenvalue weighted by Crippen LogP contribution is -2.41. The molecule has 2 saturated carbocycles. The highest BCUT2D eigenvalue weighted by Crippen LogP contribution is 2.52. The van der Waals surface area contributed by atoms with Crippen LogP contribution in [-0.2, 0) is 4.79 Å². The maximum atomic E-state index is 13.3. The van der Waals surface area contributed by atoms with Gasteiger partial charge in [-0.1, -0.05) is 12.8 Å². The van der Waals surface area contributed by atoms with Crippen molar-refractivity contribution in [3.63, 3.8) is 0 Å². The molecule has 1 aliphatic heterocycles. The van der Waals surface area contributed by atoms with Crippen LogP contribution >= 0.6 is 0 Å². The average molecular weight is 479 g/mol. The lowest BCUT2D eigenvalue weighted by Gasteiger charge is -2.32. The van der Waals surface area contributed by atoms with Crippen molar-refractivity contribution in [3.8, 4) is 5.75 Å². The number of hydrogen-bond donors (Lipinski definition) is 0. The molecule has 0 N–H and O–H groups in total. The molecular weight excluding hydrogens is 444 g/mol. The molecule has 2 aliphatic carbocycles. The first kappa shape index (κ1) is 23.4. The van der Waals surface area contributed by atoms with Gasteiger partial charge in [-0.2, -0.15) is 4.98 Å². The summed E-state index contributed by atoms with van der Waals surface area (Å²) in [5, 5.41) is 0. The van der Waals surface area contributed by atoms with Crippen LogP contribution in [0.25, 0.3) is 0 Å². The molecule has 2 heterocycles. The Labute approximate surface area is 206 Å². The van der Waals surface area contributed by atoms with Crippen molar-refractivity contribution < 1.29 is 14.3 Å². The Balaban J connectivity index is 1.54. The fourth-order valence-electron chi connectivity index (χ4n) is 5.40. The summed E-state index contributed by atoms with van der Waals surface area (Å²) in [6, 6.07) is 5.78. The Bertz CT molecular complexity index is 1160. The number of benzene rings is 1. The van der Waals surface area contributed by atoms with Crippen LogP contribution in [0.4, 0.5) is 23.1 Å². The number of fused-ring (bicyclic) bond motifs is 1. The number of methoxy groups -OCH3 is 1. The summed E-state index contributed by atoms with van der Waals surface area (Å²) in [5.41, 5.74) is 1.78. The molecule has 0 unspecified atom stereocenters. The van der Waals surface area contributed by atoms with E-state index in [1.807, 2.05) is 25.1 Å². The Kier molecular flexibility index (Phi) is 5.81. The first-order valence-corrected chi connectivity index (χ1v) is 12.3. The van der Waals surface area contributed by atoms with Crippen molar-refractivity contribution >= 4 is 35.0 Å². The quantitative estimate of drug-likeness (QED) is 0.651. The average Bonchev–Trinajstić information content (AvgIpc) is 3.48. The van der Waals surface area contributed by atoms with Crippen LogP contribution in [0.5, 0.6) is 5.75 Å². The maximum Gasteiger partial charge on any atom is 0.253 e. The van der Waals surface area contributed by atoms with Crippen molar-refractivity contribution in [2.24, 2.45) is 5.41 Å². The van der Waals surface area contributed by atoms with Gasteiger partial charge in [-0.3, -0.25) is 9.59 Å². The summed E-state index contributed by atoms with van der Waals surface area (Å²) >= 11 is 0. The molecular formula is C26H34N6O3. The van der Waals surface area contributed by atoms with Gasteiger partial charge in [-0.25, -0.2) is 4.98 Å². The molecule has 2 amide bonds. The van der Waals surface area contributed by atoms with Crippen LogP contribution in [0, 0.1) is 5.41 Å². The van der Waals surface area contributed by atoms with Gasteiger partial charge in [-0.15, -0.1) is 0 Å². The van der Waals surface area contributed by atoms with E-state index in [2.05, 4.69) is 9.88 Å². The van der Waals surface area contributed by atoms with Gasteiger partial charge in [0.1, 0.15) is 11.4 Å². The molecule has 0 radical (unpaired) electrons. The molecule has 1 spiro atoms. The molecule has 3 aliphatic rings. The third kappa shape index (κ3) is 3.96. The predicted octanol–water partition coefficient (Wildman–Crippen LogP) is 3.46. The minimum Gasteiger partial charge on any atom is -0.495 e. The fraction of sp³-hybridized carbons (Fsp3) is 0.538. The summed E-state index contributed by atoms with van der Waals surface area (Å²) in [6.07, 6.45) is 8.30. The third-order valence-electron chi connectivity index (χ3n) is 7.72. The van der Waals surface area contributed by atoms with Crippen LogP contribution in [-0.4, -0.2) is 74.6 Å². The van der Waals surface area contributed by atoms with E-state index in [0.29, 0.717) is 23.3 Å². The lowest BCUT2D eigenvalue weighted by molar-refractivity contribution is -0.122. The van der Waals surface area contributed by atoms with E-state index in [4.69, 9.17) is 9.72 Å². The Morgan fingerprint density at radius 2 is 1.89 bits per heavy atom. The predicted molar refractivity (Wildman–Crippen MR) is 136 cm³/mol. The molecule has 1 aromatic carbocycles. The molecule has 186 valence electrons. The molecule has 5 rings (SSSR count). The molecule has 35 heavy (non-hydrogen) atoms. The highest BCUT2D eigenvalue weighted by atomic mass is 16.5. The van der Waals surface area contributed by atoms with Crippen LogP contribution in [0.1, 0.15) is 48.9 Å². The minimum absolute atomic E-state index is 0.0901. The van der Waals surface area contributed by atoms with E-state index in [-0.39, 0.29) is 17.2 Å². The molecule has 9 heteroatoms. The van der Waals surface area contributed by atoms with Crippen molar-refractivity contribution in [1.82, 2.24) is 14.9 Å². The van der Waals surface area contributed by atoms with Crippen LogP contribution in [0.2, 0.25) is 0 Å². The van der Waals surface area contributed by atoms with Crippen molar-refractivity contribution in [2.75, 3.05) is 56.5 Å². The van der Waals surface area contributed by atoms with Gasteiger partial charge in [-0.05, 0) is 43.9 Å². The molecule has 0 saturated heterocycles. The summed E-state index contributed by atoms with van der Waals surface area (Å²) in [5.74, 6) is 1.99. The third-order valence-corrected chi connectivity index (χ3v) is 7.72. The Hall–Kier alpha value is -3.36. The van der Waals surface area contributed by atoms with Gasteiger partial charge in [0.15, 0.2) is 5.82 Å². The Morgan fingerprint density at radius 1 is 1.17 bits per heavy atom. The summed E-state index contributed by atoms with van der Waals surface area (Å²) < 4.78 is 5.63. The van der Waals surface area contributed by atoms with E-state index < -0.39 is 0 Å². The number of ether oxygens (including phenoxy) is 1. The zero-order chi connectivity index (χ0) is 24.9. The van der Waals surface area contributed by atoms with E-state index in [9.17, 15) is 9.59 Å². The van der Waals surface area contributed by atoms with E-state index in [1.54, 1.807) is 44.4 Å². The van der Waals surface area contributed by atoms with Crippen molar-refractivity contribution in [3.05, 3.63) is 30.0 Å². The van der Waals surface area contributed by atoms with E-state index in [1.165, 1.54) is 17.7 Å². The van der Waals surface area contributed by atoms with Crippen LogP contribution in [0.15, 0.2) is 24.4 Å². The number of hydrogen-bond acceptors (Lipinski definition) is 7. The van der Waals surface area contributed by atoms with Gasteiger partial charge >= 0.3 is 0 Å². The molecule has 2 fully saturated rings. The van der Waals surface area contributed by atoms with E-state index >= 15 is 0 Å². The van der Waals surface area contributed by atoms with Crippen LogP contribution in [0.3, 0.4) is 0 Å². The second-order valence-corrected chi connectivity index (χ2v) is 10.2. The van der Waals surface area contributed by atoms with Gasteiger partial charge < -0.3 is 24.3 Å². The zero-order valence-corrected chi connectivity index (χ0v) is 21.2. The van der Waals surface area contributed by atoms with E-state index in [0.717, 1.165) is 49.4 Å². The summed E-state index contributed by atoms with van der Waals surface area (Å²) in [6.45, 7) is 0.721. The van der Waals surface area contributed by atoms with Gasteiger partial charge in [0.2, 0.25) is 11.9 Å². The smallest absolute Gasteiger partial charge is 0.253 e. The molecule has 1 aromatic heterocycles. The number of anilines is 4. The van der Waals surface area contributed by atoms with Gasteiger partial charge in [0, 0.05) is 46.3 Å². The number of nitrogens with zero attached hydrogens (tertiary/aromatic N) is 6. The zero-order valence-electron chi connectivity index (χ0n) is 21.2. The molecule has 0 atom stereocenters. The Morgan fingerprint density at radius 3 is 2.51 bits per heavy atom.